The molecule has 7 heteroatoms. The van der Waals surface area contributed by atoms with Gasteiger partial charge in [0.05, 0.1) is 5.71 Å². The molecule has 0 heterocycles. The van der Waals surface area contributed by atoms with Gasteiger partial charge in [-0.15, -0.1) is 0 Å². The molecule has 0 saturated heterocycles. The molecule has 1 N–H and O–H groups in total. The van der Waals surface area contributed by atoms with Crippen molar-refractivity contribution in [2.45, 2.75) is 13.1 Å². The Morgan fingerprint density at radius 3 is 2.47 bits per heavy atom. The molecule has 0 fully saturated rings. The Bertz CT molecular complexity index is 457. The Morgan fingerprint density at radius 2 is 1.94 bits per heavy atom. The number of nitrogens with zero attached hydrogens (tertiary/aromatic N) is 1. The fourth-order valence-corrected chi connectivity index (χ4v) is 1.29. The van der Waals surface area contributed by atoms with Gasteiger partial charge in [0.15, 0.2) is 0 Å². The van der Waals surface area contributed by atoms with Crippen molar-refractivity contribution in [3.8, 4) is 0 Å². The molecular weight excluding hydrogens is 257 g/mol. The molecule has 0 saturated carbocycles. The number of hydrazone groups is 1. The second-order valence-electron chi connectivity index (χ2n) is 3.12. The third-order valence-electron chi connectivity index (χ3n) is 1.85. The Labute approximate surface area is 100 Å². The fourth-order valence-electron chi connectivity index (χ4n) is 1.01. The van der Waals surface area contributed by atoms with Crippen LogP contribution in [0.5, 0.6) is 0 Å². The van der Waals surface area contributed by atoms with Crippen molar-refractivity contribution in [2.24, 2.45) is 5.10 Å². The van der Waals surface area contributed by atoms with Gasteiger partial charge in [0, 0.05) is 10.6 Å². The van der Waals surface area contributed by atoms with Crippen LogP contribution in [-0.4, -0.2) is 17.8 Å². The van der Waals surface area contributed by atoms with E-state index in [2.05, 4.69) is 5.10 Å². The van der Waals surface area contributed by atoms with E-state index in [1.807, 2.05) is 0 Å². The maximum Gasteiger partial charge on any atom is 0.473 e. The molecule has 3 nitrogen and oxygen atoms in total. The number of carbonyl (C=O) groups excluding carboxylic acids is 1. The maximum atomic E-state index is 11.9. The first-order valence-electron chi connectivity index (χ1n) is 4.48. The van der Waals surface area contributed by atoms with Crippen LogP contribution in [0, 0.1) is 0 Å². The van der Waals surface area contributed by atoms with Crippen molar-refractivity contribution in [2.75, 3.05) is 0 Å². The smallest absolute Gasteiger partial charge is 0.263 e. The number of carbonyl (C=O) groups is 1. The zero-order valence-corrected chi connectivity index (χ0v) is 9.43. The normalized spacial score (nSPS) is 12.4. The number of alkyl halides is 3. The molecule has 0 aromatic heterocycles. The summed E-state index contributed by atoms with van der Waals surface area (Å²) < 4.78 is 35.6. The standard InChI is InChI=1S/C10H8ClF3N2O/c1-6(7-4-2-3-5-8(7)11)15-16-9(17)10(12,13)14/h2-5H,1H3,(H,16,17)/b15-6+. The van der Waals surface area contributed by atoms with E-state index in [1.165, 1.54) is 12.3 Å². The summed E-state index contributed by atoms with van der Waals surface area (Å²) in [5, 5.41) is 3.68. The third kappa shape index (κ3) is 3.74. The van der Waals surface area contributed by atoms with Crippen LogP contribution in [-0.2, 0) is 4.79 Å². The number of benzene rings is 1. The van der Waals surface area contributed by atoms with E-state index in [0.29, 0.717) is 10.6 Å². The van der Waals surface area contributed by atoms with Crippen LogP contribution in [0.4, 0.5) is 13.2 Å². The quantitative estimate of drug-likeness (QED) is 0.648. The molecule has 0 radical (unpaired) electrons. The number of amides is 1. The van der Waals surface area contributed by atoms with Gasteiger partial charge in [-0.2, -0.15) is 18.3 Å². The maximum absolute atomic E-state index is 11.9. The SMILES string of the molecule is C/C(=N\NC(=O)C(F)(F)F)c1ccccc1Cl. The van der Waals surface area contributed by atoms with E-state index < -0.39 is 12.1 Å². The molecule has 0 aliphatic rings. The second-order valence-corrected chi connectivity index (χ2v) is 3.52. The van der Waals surface area contributed by atoms with Gasteiger partial charge in [0.1, 0.15) is 0 Å². The van der Waals surface area contributed by atoms with Gasteiger partial charge in [-0.25, -0.2) is 5.43 Å². The molecule has 0 atom stereocenters. The monoisotopic (exact) mass is 264 g/mol. The van der Waals surface area contributed by atoms with E-state index >= 15 is 0 Å². The van der Waals surface area contributed by atoms with Gasteiger partial charge in [0.25, 0.3) is 0 Å². The summed E-state index contributed by atoms with van der Waals surface area (Å²) in [6.07, 6.45) is -4.95. The molecule has 0 aliphatic heterocycles. The Balaban J connectivity index is 2.82. The molecule has 1 aromatic carbocycles. The Morgan fingerprint density at radius 1 is 1.35 bits per heavy atom. The topological polar surface area (TPSA) is 41.5 Å². The minimum atomic E-state index is -4.95. The van der Waals surface area contributed by atoms with Crippen molar-refractivity contribution in [3.63, 3.8) is 0 Å². The minimum absolute atomic E-state index is 0.188. The summed E-state index contributed by atoms with van der Waals surface area (Å²) in [5.74, 6) is -2.12. The molecule has 1 rings (SSSR count). The van der Waals surface area contributed by atoms with Crippen LogP contribution < -0.4 is 5.43 Å². The first-order valence-corrected chi connectivity index (χ1v) is 4.86. The van der Waals surface area contributed by atoms with Crippen LogP contribution in [0.2, 0.25) is 5.02 Å². The van der Waals surface area contributed by atoms with E-state index in [4.69, 9.17) is 11.6 Å². The summed E-state index contributed by atoms with van der Waals surface area (Å²) in [5.41, 5.74) is 2.06. The summed E-state index contributed by atoms with van der Waals surface area (Å²) in [6, 6.07) is 6.49. The largest absolute Gasteiger partial charge is 0.473 e. The lowest BCUT2D eigenvalue weighted by Gasteiger charge is -2.06. The number of hydrogen-bond donors (Lipinski definition) is 1. The molecule has 1 aromatic rings. The molecule has 0 spiro atoms. The first-order chi connectivity index (χ1) is 7.82. The lowest BCUT2D eigenvalue weighted by molar-refractivity contribution is -0.173. The van der Waals surface area contributed by atoms with Crippen LogP contribution in [0.15, 0.2) is 29.4 Å². The highest BCUT2D eigenvalue weighted by molar-refractivity contribution is 6.34. The third-order valence-corrected chi connectivity index (χ3v) is 2.18. The predicted molar refractivity (Wildman–Crippen MR) is 57.9 cm³/mol. The molecule has 92 valence electrons. The number of nitrogens with one attached hydrogen (secondary N) is 1. The highest BCUT2D eigenvalue weighted by Gasteiger charge is 2.38. The Kier molecular flexibility index (Phi) is 4.11. The van der Waals surface area contributed by atoms with E-state index in [9.17, 15) is 18.0 Å². The number of hydrogen-bond acceptors (Lipinski definition) is 2. The first kappa shape index (κ1) is 13.5. The molecule has 0 bridgehead atoms. The molecule has 17 heavy (non-hydrogen) atoms. The predicted octanol–water partition coefficient (Wildman–Crippen LogP) is 2.74. The van der Waals surface area contributed by atoms with Gasteiger partial charge in [-0.05, 0) is 13.0 Å². The molecule has 1 amide bonds. The lowest BCUT2D eigenvalue weighted by atomic mass is 10.1. The van der Waals surface area contributed by atoms with Crippen LogP contribution in [0.3, 0.4) is 0 Å². The second kappa shape index (κ2) is 5.18. The van der Waals surface area contributed by atoms with Crippen LogP contribution >= 0.6 is 11.6 Å². The highest BCUT2D eigenvalue weighted by atomic mass is 35.5. The lowest BCUT2D eigenvalue weighted by Crippen LogP contribution is -2.34. The van der Waals surface area contributed by atoms with Crippen LogP contribution in [0.25, 0.3) is 0 Å². The zero-order chi connectivity index (χ0) is 13.1. The summed E-state index contributed by atoms with van der Waals surface area (Å²) in [6.45, 7) is 1.44. The summed E-state index contributed by atoms with van der Waals surface area (Å²) in [4.78, 5) is 10.5. The molecule has 0 aliphatic carbocycles. The minimum Gasteiger partial charge on any atom is -0.263 e. The van der Waals surface area contributed by atoms with Gasteiger partial charge < -0.3 is 0 Å². The summed E-state index contributed by atoms with van der Waals surface area (Å²) in [7, 11) is 0. The van der Waals surface area contributed by atoms with Crippen molar-refractivity contribution in [1.82, 2.24) is 5.43 Å². The Hall–Kier alpha value is -1.56. The average molecular weight is 265 g/mol. The van der Waals surface area contributed by atoms with E-state index in [0.717, 1.165) is 0 Å². The van der Waals surface area contributed by atoms with Gasteiger partial charge >= 0.3 is 12.1 Å². The number of halogens is 4. The highest BCUT2D eigenvalue weighted by Crippen LogP contribution is 2.16. The van der Waals surface area contributed by atoms with Gasteiger partial charge in [0.2, 0.25) is 0 Å². The van der Waals surface area contributed by atoms with Gasteiger partial charge in [-0.1, -0.05) is 29.8 Å². The fraction of sp³-hybridized carbons (Fsp3) is 0.200. The van der Waals surface area contributed by atoms with E-state index in [1.54, 1.807) is 24.3 Å². The molecular formula is C10H8ClF3N2O. The zero-order valence-electron chi connectivity index (χ0n) is 8.68. The van der Waals surface area contributed by atoms with Gasteiger partial charge in [-0.3, -0.25) is 4.79 Å². The average Bonchev–Trinajstić information content (AvgIpc) is 2.24. The van der Waals surface area contributed by atoms with Crippen molar-refractivity contribution >= 4 is 23.2 Å². The number of rotatable bonds is 2. The van der Waals surface area contributed by atoms with Crippen LogP contribution in [0.1, 0.15) is 12.5 Å². The molecule has 0 unspecified atom stereocenters. The van der Waals surface area contributed by atoms with Crippen molar-refractivity contribution in [3.05, 3.63) is 34.9 Å². The van der Waals surface area contributed by atoms with Crippen molar-refractivity contribution < 1.29 is 18.0 Å². The van der Waals surface area contributed by atoms with E-state index in [-0.39, 0.29) is 5.71 Å². The van der Waals surface area contributed by atoms with Crippen molar-refractivity contribution in [1.29, 1.82) is 0 Å². The summed E-state index contributed by atoms with van der Waals surface area (Å²) >= 11 is 5.81.